The predicted octanol–water partition coefficient (Wildman–Crippen LogP) is 2.82. The molecule has 0 spiro atoms. The Balaban J connectivity index is 3.09. The van der Waals surface area contributed by atoms with Gasteiger partial charge in [-0.15, -0.1) is 0 Å². The van der Waals surface area contributed by atoms with Crippen LogP contribution >= 0.6 is 0 Å². The van der Waals surface area contributed by atoms with Crippen LogP contribution < -0.4 is 0 Å². The van der Waals surface area contributed by atoms with Crippen molar-refractivity contribution in [3.05, 3.63) is 33.0 Å². The number of hydrogen-bond acceptors (Lipinski definition) is 2. The molecule has 1 aliphatic carbocycles. The molecule has 1 rings (SSSR count). The molecule has 0 N–H and O–H groups in total. The first kappa shape index (κ1) is 10.7. The monoisotopic (exact) mass is 207 g/mol. The van der Waals surface area contributed by atoms with E-state index in [0.717, 1.165) is 0 Å². The summed E-state index contributed by atoms with van der Waals surface area (Å²) in [5, 5.41) is 10.3. The molecular weight excluding hydrogens is 199 g/mol. The lowest BCUT2D eigenvalue weighted by Gasteiger charge is -2.15. The Hall–Kier alpha value is -1.33. The fraction of sp³-hybridized carbons (Fsp3) is 0.500. The number of allylic oxidation sites excluding steroid dienone is 4. The summed E-state index contributed by atoms with van der Waals surface area (Å²) in [6.45, 7) is 1.34. The van der Waals surface area contributed by atoms with Gasteiger partial charge in [0.1, 0.15) is 0 Å². The lowest BCUT2D eigenvalue weighted by Crippen LogP contribution is -2.16. The first-order valence-corrected chi connectivity index (χ1v) is 3.94. The van der Waals surface area contributed by atoms with E-state index in [1.54, 1.807) is 0 Å². The Labute approximate surface area is 78.1 Å². The van der Waals surface area contributed by atoms with Crippen molar-refractivity contribution in [3.8, 4) is 0 Å². The summed E-state index contributed by atoms with van der Waals surface area (Å²) >= 11 is 0. The molecule has 78 valence electrons. The van der Waals surface area contributed by atoms with Crippen LogP contribution in [0.1, 0.15) is 19.8 Å². The van der Waals surface area contributed by atoms with E-state index in [9.17, 15) is 23.3 Å². The number of rotatable bonds is 1. The summed E-state index contributed by atoms with van der Waals surface area (Å²) in [6, 6.07) is 0. The Bertz CT molecular complexity index is 328. The molecular formula is C8H8F3NO2. The Morgan fingerprint density at radius 2 is 2.00 bits per heavy atom. The highest BCUT2D eigenvalue weighted by atomic mass is 19.4. The van der Waals surface area contributed by atoms with E-state index in [4.69, 9.17) is 0 Å². The highest BCUT2D eigenvalue weighted by Gasteiger charge is 2.37. The number of halogens is 3. The van der Waals surface area contributed by atoms with Crippen molar-refractivity contribution in [2.24, 2.45) is 0 Å². The fourth-order valence-corrected chi connectivity index (χ4v) is 1.28. The van der Waals surface area contributed by atoms with Crippen LogP contribution in [0, 0.1) is 10.1 Å². The molecule has 0 bridgehead atoms. The van der Waals surface area contributed by atoms with Crippen molar-refractivity contribution in [1.29, 1.82) is 0 Å². The minimum atomic E-state index is -4.49. The van der Waals surface area contributed by atoms with Crippen molar-refractivity contribution >= 4 is 0 Å². The molecule has 0 radical (unpaired) electrons. The van der Waals surface area contributed by atoms with Crippen molar-refractivity contribution < 1.29 is 18.1 Å². The topological polar surface area (TPSA) is 43.1 Å². The molecule has 1 aliphatic rings. The van der Waals surface area contributed by atoms with Crippen molar-refractivity contribution in [2.45, 2.75) is 25.9 Å². The van der Waals surface area contributed by atoms with Crippen LogP contribution in [0.5, 0.6) is 0 Å². The van der Waals surface area contributed by atoms with Gasteiger partial charge >= 0.3 is 6.18 Å². The summed E-state index contributed by atoms with van der Waals surface area (Å²) in [6.07, 6.45) is -3.70. The minimum Gasteiger partial charge on any atom is -0.259 e. The van der Waals surface area contributed by atoms with Gasteiger partial charge in [-0.1, -0.05) is 5.57 Å². The van der Waals surface area contributed by atoms with E-state index >= 15 is 0 Å². The van der Waals surface area contributed by atoms with Crippen molar-refractivity contribution in [3.63, 3.8) is 0 Å². The van der Waals surface area contributed by atoms with Crippen LogP contribution in [0.15, 0.2) is 22.9 Å². The normalized spacial score (nSPS) is 18.1. The van der Waals surface area contributed by atoms with Gasteiger partial charge in [0.15, 0.2) is 0 Å². The molecule has 0 unspecified atom stereocenters. The van der Waals surface area contributed by atoms with E-state index in [0.29, 0.717) is 6.08 Å². The van der Waals surface area contributed by atoms with E-state index in [1.165, 1.54) is 6.92 Å². The number of nitro groups is 1. The summed E-state index contributed by atoms with van der Waals surface area (Å²) < 4.78 is 36.9. The molecule has 0 aromatic carbocycles. The molecule has 6 heteroatoms. The molecule has 0 atom stereocenters. The highest BCUT2D eigenvalue weighted by Crippen LogP contribution is 2.35. The largest absolute Gasteiger partial charge is 0.416 e. The summed E-state index contributed by atoms with van der Waals surface area (Å²) in [5.74, 6) is 0. The standard InChI is InChI=1S/C8H8F3NO2/c1-5-2-3-6(12(13)14)4-7(5)8(9,10)11/h4H,2-3H2,1H3. The van der Waals surface area contributed by atoms with E-state index in [1.807, 2.05) is 0 Å². The molecule has 0 saturated heterocycles. The van der Waals surface area contributed by atoms with Crippen LogP contribution in [-0.4, -0.2) is 11.1 Å². The van der Waals surface area contributed by atoms with Gasteiger partial charge in [0.2, 0.25) is 5.70 Å². The molecule has 0 aromatic heterocycles. The zero-order valence-corrected chi connectivity index (χ0v) is 7.39. The van der Waals surface area contributed by atoms with Crippen molar-refractivity contribution in [1.82, 2.24) is 0 Å². The molecule has 0 amide bonds. The molecule has 0 aliphatic heterocycles. The summed E-state index contributed by atoms with van der Waals surface area (Å²) in [7, 11) is 0. The highest BCUT2D eigenvalue weighted by molar-refractivity contribution is 5.34. The first-order valence-electron chi connectivity index (χ1n) is 3.94. The van der Waals surface area contributed by atoms with E-state index in [2.05, 4.69) is 0 Å². The second kappa shape index (κ2) is 3.43. The smallest absolute Gasteiger partial charge is 0.259 e. The van der Waals surface area contributed by atoms with Crippen LogP contribution in [0.3, 0.4) is 0 Å². The second-order valence-corrected chi connectivity index (χ2v) is 3.08. The lowest BCUT2D eigenvalue weighted by atomic mass is 9.96. The quantitative estimate of drug-likeness (QED) is 0.490. The third kappa shape index (κ3) is 2.12. The minimum absolute atomic E-state index is 0.0679. The summed E-state index contributed by atoms with van der Waals surface area (Å²) in [5.41, 5.74) is -1.10. The summed E-state index contributed by atoms with van der Waals surface area (Å²) in [4.78, 5) is 9.52. The molecule has 0 heterocycles. The van der Waals surface area contributed by atoms with Crippen LogP contribution in [0.2, 0.25) is 0 Å². The molecule has 0 saturated carbocycles. The van der Waals surface area contributed by atoms with Gasteiger partial charge in [-0.2, -0.15) is 13.2 Å². The number of hydrogen-bond donors (Lipinski definition) is 0. The lowest BCUT2D eigenvalue weighted by molar-refractivity contribution is -0.428. The average Bonchev–Trinajstić information content (AvgIpc) is 2.02. The van der Waals surface area contributed by atoms with Gasteiger partial charge in [0.25, 0.3) is 0 Å². The third-order valence-corrected chi connectivity index (χ3v) is 2.07. The van der Waals surface area contributed by atoms with Gasteiger partial charge in [0.05, 0.1) is 10.5 Å². The van der Waals surface area contributed by atoms with Crippen molar-refractivity contribution in [2.75, 3.05) is 0 Å². The maximum Gasteiger partial charge on any atom is 0.416 e. The predicted molar refractivity (Wildman–Crippen MR) is 43.1 cm³/mol. The molecule has 0 aromatic rings. The third-order valence-electron chi connectivity index (χ3n) is 2.07. The van der Waals surface area contributed by atoms with Gasteiger partial charge < -0.3 is 0 Å². The van der Waals surface area contributed by atoms with Gasteiger partial charge in [-0.05, 0) is 13.3 Å². The van der Waals surface area contributed by atoms with Crippen LogP contribution in [-0.2, 0) is 0 Å². The number of alkyl halides is 3. The first-order chi connectivity index (χ1) is 6.32. The fourth-order valence-electron chi connectivity index (χ4n) is 1.28. The van der Waals surface area contributed by atoms with E-state index in [-0.39, 0.29) is 24.1 Å². The van der Waals surface area contributed by atoms with E-state index < -0.39 is 16.7 Å². The molecule has 0 fully saturated rings. The van der Waals surface area contributed by atoms with Gasteiger partial charge in [0, 0.05) is 12.5 Å². The zero-order valence-electron chi connectivity index (χ0n) is 7.39. The Morgan fingerprint density at radius 3 is 2.43 bits per heavy atom. The second-order valence-electron chi connectivity index (χ2n) is 3.08. The SMILES string of the molecule is CC1=C(C(F)(F)F)C=C([N+](=O)[O-])CC1. The van der Waals surface area contributed by atoms with Gasteiger partial charge in [-0.3, -0.25) is 10.1 Å². The molecule has 14 heavy (non-hydrogen) atoms. The Kier molecular flexibility index (Phi) is 2.64. The van der Waals surface area contributed by atoms with Gasteiger partial charge in [-0.25, -0.2) is 0 Å². The molecule has 3 nitrogen and oxygen atoms in total. The van der Waals surface area contributed by atoms with Crippen LogP contribution in [0.4, 0.5) is 13.2 Å². The zero-order chi connectivity index (χ0) is 10.9. The maximum atomic E-state index is 12.3. The maximum absolute atomic E-state index is 12.3. The van der Waals surface area contributed by atoms with Crippen LogP contribution in [0.25, 0.3) is 0 Å². The Morgan fingerprint density at radius 1 is 1.43 bits per heavy atom. The average molecular weight is 207 g/mol. The number of nitrogens with zero attached hydrogens (tertiary/aromatic N) is 1.